The maximum Gasteiger partial charge on any atom is 0.0645 e. The van der Waals surface area contributed by atoms with Crippen LogP contribution in [0.1, 0.15) is 12.0 Å². The molecular formula is C18H26ClN5. The van der Waals surface area contributed by atoms with Crippen molar-refractivity contribution in [1.29, 1.82) is 0 Å². The van der Waals surface area contributed by atoms with Crippen molar-refractivity contribution in [1.82, 2.24) is 24.9 Å². The van der Waals surface area contributed by atoms with Crippen LogP contribution in [0.3, 0.4) is 0 Å². The van der Waals surface area contributed by atoms with Crippen LogP contribution in [0.5, 0.6) is 0 Å². The molecule has 3 heterocycles. The molecule has 0 amide bonds. The standard InChI is InChI=1S/C18H25N5.ClH/c1-7-20-23(9-1)17-4-2-16(3-5-17)15-21-10-12-22(13-11-21)18-6-8-19-14-18;/h1-5,7,9,18-19H,6,8,10-15H2;1H. The number of hydrogen-bond acceptors (Lipinski definition) is 4. The molecule has 4 rings (SSSR count). The Morgan fingerprint density at radius 3 is 2.50 bits per heavy atom. The molecule has 0 bridgehead atoms. The molecule has 1 unspecified atom stereocenters. The Morgan fingerprint density at radius 2 is 1.88 bits per heavy atom. The van der Waals surface area contributed by atoms with Crippen molar-refractivity contribution in [3.8, 4) is 5.69 Å². The topological polar surface area (TPSA) is 36.3 Å². The van der Waals surface area contributed by atoms with E-state index in [9.17, 15) is 0 Å². The number of hydrogen-bond donors (Lipinski definition) is 1. The number of nitrogens with zero attached hydrogens (tertiary/aromatic N) is 4. The monoisotopic (exact) mass is 347 g/mol. The summed E-state index contributed by atoms with van der Waals surface area (Å²) in [6.45, 7) is 8.18. The maximum absolute atomic E-state index is 4.27. The second kappa shape index (κ2) is 8.12. The molecule has 130 valence electrons. The van der Waals surface area contributed by atoms with Crippen molar-refractivity contribution < 1.29 is 0 Å². The van der Waals surface area contributed by atoms with Gasteiger partial charge < -0.3 is 5.32 Å². The Labute approximate surface area is 150 Å². The van der Waals surface area contributed by atoms with Gasteiger partial charge >= 0.3 is 0 Å². The zero-order valence-electron chi connectivity index (χ0n) is 14.0. The SMILES string of the molecule is Cl.c1cnn(-c2ccc(CN3CCN(C4CCNC4)CC3)cc2)c1. The largest absolute Gasteiger partial charge is 0.315 e. The van der Waals surface area contributed by atoms with Crippen LogP contribution in [0.25, 0.3) is 5.69 Å². The Balaban J connectivity index is 0.00000169. The fourth-order valence-electron chi connectivity index (χ4n) is 3.67. The highest BCUT2D eigenvalue weighted by molar-refractivity contribution is 5.85. The minimum Gasteiger partial charge on any atom is -0.315 e. The Hall–Kier alpha value is -1.40. The molecular weight excluding hydrogens is 322 g/mol. The van der Waals surface area contributed by atoms with E-state index in [4.69, 9.17) is 0 Å². The lowest BCUT2D eigenvalue weighted by molar-refractivity contribution is 0.0981. The summed E-state index contributed by atoms with van der Waals surface area (Å²) in [5.74, 6) is 0. The summed E-state index contributed by atoms with van der Waals surface area (Å²) in [6.07, 6.45) is 5.11. The predicted molar refractivity (Wildman–Crippen MR) is 98.9 cm³/mol. The Morgan fingerprint density at radius 1 is 1.08 bits per heavy atom. The highest BCUT2D eigenvalue weighted by atomic mass is 35.5. The summed E-state index contributed by atoms with van der Waals surface area (Å²) in [7, 11) is 0. The van der Waals surface area contributed by atoms with Gasteiger partial charge in [0.2, 0.25) is 0 Å². The third-order valence-corrected chi connectivity index (χ3v) is 5.07. The van der Waals surface area contributed by atoms with Gasteiger partial charge in [-0.05, 0) is 36.7 Å². The van der Waals surface area contributed by atoms with Gasteiger partial charge in [-0.25, -0.2) is 4.68 Å². The van der Waals surface area contributed by atoms with E-state index in [1.54, 1.807) is 0 Å². The molecule has 2 aliphatic rings. The minimum absolute atomic E-state index is 0. The maximum atomic E-state index is 4.27. The zero-order chi connectivity index (χ0) is 15.5. The summed E-state index contributed by atoms with van der Waals surface area (Å²) >= 11 is 0. The lowest BCUT2D eigenvalue weighted by Gasteiger charge is -2.37. The van der Waals surface area contributed by atoms with Crippen molar-refractivity contribution >= 4 is 12.4 Å². The number of benzene rings is 1. The van der Waals surface area contributed by atoms with Gasteiger partial charge in [0.15, 0.2) is 0 Å². The molecule has 0 aliphatic carbocycles. The molecule has 0 spiro atoms. The van der Waals surface area contributed by atoms with Gasteiger partial charge in [-0.1, -0.05) is 12.1 Å². The number of aromatic nitrogens is 2. The third kappa shape index (κ3) is 3.98. The summed E-state index contributed by atoms with van der Waals surface area (Å²) in [6, 6.07) is 11.5. The molecule has 1 atom stereocenters. The first-order valence-corrected chi connectivity index (χ1v) is 8.64. The highest BCUT2D eigenvalue weighted by Gasteiger charge is 2.25. The van der Waals surface area contributed by atoms with Crippen LogP contribution in [-0.4, -0.2) is 64.9 Å². The Bertz CT molecular complexity index is 599. The highest BCUT2D eigenvalue weighted by Crippen LogP contribution is 2.15. The molecule has 0 saturated carbocycles. The molecule has 6 heteroatoms. The van der Waals surface area contributed by atoms with E-state index >= 15 is 0 Å². The van der Waals surface area contributed by atoms with E-state index in [0.717, 1.165) is 18.3 Å². The Kier molecular flexibility index (Phi) is 5.89. The predicted octanol–water partition coefficient (Wildman–Crippen LogP) is 1.77. The quantitative estimate of drug-likeness (QED) is 0.914. The average molecular weight is 348 g/mol. The molecule has 2 saturated heterocycles. The van der Waals surface area contributed by atoms with Crippen LogP contribution < -0.4 is 5.32 Å². The number of halogens is 1. The van der Waals surface area contributed by atoms with Gasteiger partial charge in [0, 0.05) is 57.7 Å². The van der Waals surface area contributed by atoms with Crippen molar-refractivity contribution in [2.45, 2.75) is 19.0 Å². The van der Waals surface area contributed by atoms with Crippen molar-refractivity contribution in [3.05, 3.63) is 48.3 Å². The van der Waals surface area contributed by atoms with Crippen molar-refractivity contribution in [3.63, 3.8) is 0 Å². The van der Waals surface area contributed by atoms with Gasteiger partial charge in [0.25, 0.3) is 0 Å². The van der Waals surface area contributed by atoms with Crippen LogP contribution >= 0.6 is 12.4 Å². The van der Waals surface area contributed by atoms with E-state index in [-0.39, 0.29) is 12.4 Å². The van der Waals surface area contributed by atoms with Gasteiger partial charge in [-0.3, -0.25) is 9.80 Å². The first kappa shape index (κ1) is 17.4. The first-order valence-electron chi connectivity index (χ1n) is 8.64. The second-order valence-corrected chi connectivity index (χ2v) is 6.58. The summed E-state index contributed by atoms with van der Waals surface area (Å²) in [5.41, 5.74) is 2.51. The fourth-order valence-corrected chi connectivity index (χ4v) is 3.67. The van der Waals surface area contributed by atoms with E-state index in [1.807, 2.05) is 23.1 Å². The van der Waals surface area contributed by atoms with Gasteiger partial charge in [0.1, 0.15) is 0 Å². The van der Waals surface area contributed by atoms with Gasteiger partial charge in [-0.15, -0.1) is 12.4 Å². The first-order chi connectivity index (χ1) is 11.4. The summed E-state index contributed by atoms with van der Waals surface area (Å²) < 4.78 is 1.90. The van der Waals surface area contributed by atoms with Crippen LogP contribution in [0.4, 0.5) is 0 Å². The normalized spacial score (nSPS) is 22.4. The second-order valence-electron chi connectivity index (χ2n) is 6.58. The van der Waals surface area contributed by atoms with Gasteiger partial charge in [-0.2, -0.15) is 5.10 Å². The zero-order valence-corrected chi connectivity index (χ0v) is 14.8. The van der Waals surface area contributed by atoms with E-state index < -0.39 is 0 Å². The number of rotatable bonds is 4. The molecule has 1 N–H and O–H groups in total. The molecule has 1 aromatic heterocycles. The van der Waals surface area contributed by atoms with E-state index in [2.05, 4.69) is 44.5 Å². The van der Waals surface area contributed by atoms with Gasteiger partial charge in [0.05, 0.1) is 5.69 Å². The minimum atomic E-state index is 0. The molecule has 24 heavy (non-hydrogen) atoms. The fraction of sp³-hybridized carbons (Fsp3) is 0.500. The molecule has 0 radical (unpaired) electrons. The molecule has 2 aliphatic heterocycles. The average Bonchev–Trinajstić information content (AvgIpc) is 3.30. The summed E-state index contributed by atoms with van der Waals surface area (Å²) in [4.78, 5) is 5.24. The van der Waals surface area contributed by atoms with E-state index in [0.29, 0.717) is 0 Å². The smallest absolute Gasteiger partial charge is 0.0645 e. The van der Waals surface area contributed by atoms with Crippen molar-refractivity contribution in [2.75, 3.05) is 39.3 Å². The van der Waals surface area contributed by atoms with E-state index in [1.165, 1.54) is 51.3 Å². The molecule has 5 nitrogen and oxygen atoms in total. The molecule has 1 aromatic carbocycles. The lowest BCUT2D eigenvalue weighted by Crippen LogP contribution is -2.50. The van der Waals surface area contributed by atoms with Crippen LogP contribution in [0.2, 0.25) is 0 Å². The number of nitrogens with one attached hydrogen (secondary N) is 1. The van der Waals surface area contributed by atoms with Crippen LogP contribution in [0, 0.1) is 0 Å². The number of piperazine rings is 1. The third-order valence-electron chi connectivity index (χ3n) is 5.07. The lowest BCUT2D eigenvalue weighted by atomic mass is 10.1. The summed E-state index contributed by atoms with van der Waals surface area (Å²) in [5, 5.41) is 7.75. The van der Waals surface area contributed by atoms with Crippen molar-refractivity contribution in [2.24, 2.45) is 0 Å². The van der Waals surface area contributed by atoms with Crippen LogP contribution in [0.15, 0.2) is 42.7 Å². The molecule has 2 aromatic rings. The molecule has 2 fully saturated rings. The van der Waals surface area contributed by atoms with Crippen LogP contribution in [-0.2, 0) is 6.54 Å².